The van der Waals surface area contributed by atoms with Gasteiger partial charge in [0.25, 0.3) is 11.8 Å². The molecule has 1 aromatic carbocycles. The molecule has 148 valence electrons. The largest absolute Gasteiger partial charge is 0.449 e. The number of hydrogen-bond donors (Lipinski definition) is 2. The summed E-state index contributed by atoms with van der Waals surface area (Å²) < 4.78 is 5.28. The van der Waals surface area contributed by atoms with Crippen molar-refractivity contribution in [2.75, 3.05) is 5.32 Å². The predicted molar refractivity (Wildman–Crippen MR) is 109 cm³/mol. The molecule has 2 amide bonds. The molecule has 0 bridgehead atoms. The van der Waals surface area contributed by atoms with Crippen molar-refractivity contribution >= 4 is 34.8 Å². The SMILES string of the molecule is C[C@@H](OC(=O)c1ccc(NC(=O)c2cccs2)cc1)C(=O)NC1CCCCC1. The van der Waals surface area contributed by atoms with E-state index in [0.717, 1.165) is 25.7 Å². The standard InChI is InChI=1S/C21H24N2O4S/c1-14(19(24)22-16-6-3-2-4-7-16)27-21(26)15-9-11-17(12-10-15)23-20(25)18-8-5-13-28-18/h5,8-14,16H,2-4,6-7H2,1H3,(H,22,24)(H,23,25)/t14-/m1/s1. The molecule has 1 fully saturated rings. The van der Waals surface area contributed by atoms with E-state index in [0.29, 0.717) is 16.1 Å². The molecule has 28 heavy (non-hydrogen) atoms. The van der Waals surface area contributed by atoms with E-state index in [4.69, 9.17) is 4.74 Å². The molecule has 1 heterocycles. The highest BCUT2D eigenvalue weighted by atomic mass is 32.1. The zero-order valence-corrected chi connectivity index (χ0v) is 16.6. The van der Waals surface area contributed by atoms with Crippen molar-refractivity contribution in [3.8, 4) is 0 Å². The molecular formula is C21H24N2O4S. The minimum atomic E-state index is -0.854. The summed E-state index contributed by atoms with van der Waals surface area (Å²) in [5.41, 5.74) is 0.907. The van der Waals surface area contributed by atoms with Crippen molar-refractivity contribution in [2.45, 2.75) is 51.2 Å². The average Bonchev–Trinajstić information content (AvgIpc) is 3.24. The lowest BCUT2D eigenvalue weighted by Crippen LogP contribution is -2.42. The van der Waals surface area contributed by atoms with Gasteiger partial charge in [-0.15, -0.1) is 11.3 Å². The van der Waals surface area contributed by atoms with Gasteiger partial charge in [-0.25, -0.2) is 4.79 Å². The summed E-state index contributed by atoms with van der Waals surface area (Å²) in [6, 6.07) is 10.1. The number of thiophene rings is 1. The van der Waals surface area contributed by atoms with Crippen LogP contribution in [0.3, 0.4) is 0 Å². The van der Waals surface area contributed by atoms with Crippen LogP contribution in [0.5, 0.6) is 0 Å². The van der Waals surface area contributed by atoms with Crippen molar-refractivity contribution < 1.29 is 19.1 Å². The molecule has 1 saturated carbocycles. The number of benzene rings is 1. The number of amides is 2. The highest BCUT2D eigenvalue weighted by Gasteiger charge is 2.22. The number of carbonyl (C=O) groups excluding carboxylic acids is 3. The Morgan fingerprint density at radius 2 is 1.79 bits per heavy atom. The second-order valence-corrected chi connectivity index (χ2v) is 7.85. The number of esters is 1. The smallest absolute Gasteiger partial charge is 0.338 e. The molecule has 0 unspecified atom stereocenters. The molecule has 6 nitrogen and oxygen atoms in total. The Labute approximate surface area is 168 Å². The van der Waals surface area contributed by atoms with Gasteiger partial charge >= 0.3 is 5.97 Å². The number of nitrogens with one attached hydrogen (secondary N) is 2. The van der Waals surface area contributed by atoms with Crippen LogP contribution < -0.4 is 10.6 Å². The number of ether oxygens (including phenoxy) is 1. The van der Waals surface area contributed by atoms with E-state index in [1.54, 1.807) is 37.3 Å². The number of rotatable bonds is 6. The molecule has 0 spiro atoms. The molecule has 1 aliphatic carbocycles. The minimum Gasteiger partial charge on any atom is -0.449 e. The fourth-order valence-corrected chi connectivity index (χ4v) is 3.76. The Bertz CT molecular complexity index is 811. The highest BCUT2D eigenvalue weighted by Crippen LogP contribution is 2.18. The van der Waals surface area contributed by atoms with E-state index >= 15 is 0 Å². The number of hydrogen-bond acceptors (Lipinski definition) is 5. The third-order valence-corrected chi connectivity index (χ3v) is 5.60. The van der Waals surface area contributed by atoms with Crippen LogP contribution in [0.1, 0.15) is 59.1 Å². The van der Waals surface area contributed by atoms with E-state index in [-0.39, 0.29) is 17.9 Å². The fourth-order valence-electron chi connectivity index (χ4n) is 3.14. The van der Waals surface area contributed by atoms with Gasteiger partial charge in [0.1, 0.15) is 0 Å². The summed E-state index contributed by atoms with van der Waals surface area (Å²) in [4.78, 5) is 37.2. The monoisotopic (exact) mass is 400 g/mol. The van der Waals surface area contributed by atoms with Crippen LogP contribution in [0.4, 0.5) is 5.69 Å². The van der Waals surface area contributed by atoms with E-state index in [2.05, 4.69) is 10.6 Å². The van der Waals surface area contributed by atoms with Crippen molar-refractivity contribution in [3.05, 3.63) is 52.2 Å². The van der Waals surface area contributed by atoms with Crippen LogP contribution in [0.2, 0.25) is 0 Å². The quantitative estimate of drug-likeness (QED) is 0.718. The van der Waals surface area contributed by atoms with Gasteiger partial charge in [-0.3, -0.25) is 9.59 Å². The Hall–Kier alpha value is -2.67. The predicted octanol–water partition coefficient (Wildman–Crippen LogP) is 3.99. The van der Waals surface area contributed by atoms with Gasteiger partial charge in [0.2, 0.25) is 0 Å². The fraction of sp³-hybridized carbons (Fsp3) is 0.381. The molecule has 1 atom stereocenters. The summed E-state index contributed by atoms with van der Waals surface area (Å²) in [5.74, 6) is -1.03. The minimum absolute atomic E-state index is 0.175. The Morgan fingerprint density at radius 1 is 1.07 bits per heavy atom. The summed E-state index contributed by atoms with van der Waals surface area (Å²) in [6.07, 6.45) is 4.55. The lowest BCUT2D eigenvalue weighted by Gasteiger charge is -2.24. The third-order valence-electron chi connectivity index (χ3n) is 4.73. The molecule has 0 aliphatic heterocycles. The van der Waals surface area contributed by atoms with Gasteiger partial charge < -0.3 is 15.4 Å². The van der Waals surface area contributed by atoms with Gasteiger partial charge in [0.15, 0.2) is 6.10 Å². The number of anilines is 1. The second kappa shape index (κ2) is 9.50. The first-order chi connectivity index (χ1) is 13.5. The molecule has 0 radical (unpaired) electrons. The van der Waals surface area contributed by atoms with Gasteiger partial charge in [-0.1, -0.05) is 25.3 Å². The lowest BCUT2D eigenvalue weighted by molar-refractivity contribution is -0.130. The van der Waals surface area contributed by atoms with Crippen molar-refractivity contribution in [3.63, 3.8) is 0 Å². The zero-order valence-electron chi connectivity index (χ0n) is 15.8. The molecular weight excluding hydrogens is 376 g/mol. The normalized spacial score (nSPS) is 15.5. The molecule has 2 N–H and O–H groups in total. The van der Waals surface area contributed by atoms with E-state index in [1.807, 2.05) is 11.4 Å². The molecule has 1 aromatic heterocycles. The summed E-state index contributed by atoms with van der Waals surface area (Å²) in [6.45, 7) is 1.58. The van der Waals surface area contributed by atoms with E-state index in [1.165, 1.54) is 17.8 Å². The molecule has 2 aromatic rings. The summed E-state index contributed by atoms with van der Waals surface area (Å²) >= 11 is 1.36. The molecule has 7 heteroatoms. The van der Waals surface area contributed by atoms with E-state index < -0.39 is 12.1 Å². The summed E-state index contributed by atoms with van der Waals surface area (Å²) in [7, 11) is 0. The Balaban J connectivity index is 1.50. The summed E-state index contributed by atoms with van der Waals surface area (Å²) in [5, 5.41) is 7.56. The third kappa shape index (κ3) is 5.42. The van der Waals surface area contributed by atoms with Crippen LogP contribution >= 0.6 is 11.3 Å². The highest BCUT2D eigenvalue weighted by molar-refractivity contribution is 7.12. The molecule has 1 aliphatic rings. The first kappa shape index (κ1) is 20.1. The van der Waals surface area contributed by atoms with Crippen LogP contribution in [-0.2, 0) is 9.53 Å². The molecule has 0 saturated heterocycles. The second-order valence-electron chi connectivity index (χ2n) is 6.90. The average molecular weight is 401 g/mol. The molecule has 3 rings (SSSR count). The van der Waals surface area contributed by atoms with Crippen LogP contribution in [0.15, 0.2) is 41.8 Å². The lowest BCUT2D eigenvalue weighted by atomic mass is 9.95. The first-order valence-corrected chi connectivity index (χ1v) is 10.4. The number of carbonyl (C=O) groups is 3. The van der Waals surface area contributed by atoms with Crippen molar-refractivity contribution in [1.82, 2.24) is 5.32 Å². The van der Waals surface area contributed by atoms with Crippen molar-refractivity contribution in [2.24, 2.45) is 0 Å². The van der Waals surface area contributed by atoms with Crippen LogP contribution in [-0.4, -0.2) is 29.9 Å². The maximum Gasteiger partial charge on any atom is 0.338 e. The van der Waals surface area contributed by atoms with Crippen LogP contribution in [0, 0.1) is 0 Å². The zero-order chi connectivity index (χ0) is 19.9. The van der Waals surface area contributed by atoms with E-state index in [9.17, 15) is 14.4 Å². The Kier molecular flexibility index (Phi) is 6.81. The van der Waals surface area contributed by atoms with Gasteiger partial charge in [0, 0.05) is 11.7 Å². The van der Waals surface area contributed by atoms with Gasteiger partial charge in [-0.2, -0.15) is 0 Å². The maximum atomic E-state index is 12.3. The Morgan fingerprint density at radius 3 is 2.43 bits per heavy atom. The van der Waals surface area contributed by atoms with Crippen molar-refractivity contribution in [1.29, 1.82) is 0 Å². The first-order valence-electron chi connectivity index (χ1n) is 9.49. The van der Waals surface area contributed by atoms with Gasteiger partial charge in [-0.05, 0) is 55.5 Å². The maximum absolute atomic E-state index is 12.3. The van der Waals surface area contributed by atoms with Gasteiger partial charge in [0.05, 0.1) is 10.4 Å². The topological polar surface area (TPSA) is 84.5 Å². The van der Waals surface area contributed by atoms with Crippen LogP contribution in [0.25, 0.3) is 0 Å².